The van der Waals surface area contributed by atoms with Crippen LogP contribution in [0.15, 0.2) is 47.6 Å². The molecule has 290 valence electrons. The smallest absolute Gasteiger partial charge is 0.407 e. The third-order valence-electron chi connectivity index (χ3n) is 10.0. The third kappa shape index (κ3) is 8.65. The molecule has 4 atom stereocenters. The van der Waals surface area contributed by atoms with Crippen LogP contribution in [-0.4, -0.2) is 93.4 Å². The number of aliphatic imine (C=N–C) groups is 1. The van der Waals surface area contributed by atoms with Gasteiger partial charge in [0.1, 0.15) is 35.1 Å². The van der Waals surface area contributed by atoms with E-state index in [-0.39, 0.29) is 41.3 Å². The van der Waals surface area contributed by atoms with Crippen molar-refractivity contribution in [1.82, 2.24) is 35.1 Å². The molecule has 6 rings (SSSR count). The average Bonchev–Trinajstić information content (AvgIpc) is 4.00. The number of hydrogen-bond donors (Lipinski definition) is 3. The maximum atomic E-state index is 15.4. The fourth-order valence-electron chi connectivity index (χ4n) is 7.18. The second-order valence-electron chi connectivity index (χ2n) is 14.4. The normalized spacial score (nSPS) is 18.2. The second-order valence-corrected chi connectivity index (χ2v) is 14.4. The number of aromatic amines is 2. The first-order valence-electron chi connectivity index (χ1n) is 18.5. The number of carbonyl (C=O) groups excluding carboxylic acids is 3. The van der Waals surface area contributed by atoms with E-state index >= 15 is 4.39 Å². The molecule has 0 bridgehead atoms. The van der Waals surface area contributed by atoms with E-state index in [0.717, 1.165) is 42.5 Å². The number of nitrogens with zero attached hydrogens (tertiary/aromatic N) is 5. The van der Waals surface area contributed by atoms with Gasteiger partial charge >= 0.3 is 6.09 Å². The summed E-state index contributed by atoms with van der Waals surface area (Å²) in [6.07, 6.45) is 5.34. The second kappa shape index (κ2) is 17.2. The summed E-state index contributed by atoms with van der Waals surface area (Å²) in [6.45, 7) is 8.70. The van der Waals surface area contributed by atoms with Gasteiger partial charge in [0.2, 0.25) is 18.2 Å². The van der Waals surface area contributed by atoms with Gasteiger partial charge in [0.25, 0.3) is 0 Å². The van der Waals surface area contributed by atoms with E-state index in [0.29, 0.717) is 42.2 Å². The molecule has 2 aromatic heterocycles. The number of fused-ring (bicyclic) bond motifs is 1. The fourth-order valence-corrected chi connectivity index (χ4v) is 7.18. The van der Waals surface area contributed by atoms with E-state index in [2.05, 4.69) is 37.0 Å². The number of benzene rings is 2. The number of carbonyl (C=O) groups is 3. The van der Waals surface area contributed by atoms with Crippen LogP contribution < -0.4 is 5.32 Å². The predicted molar refractivity (Wildman–Crippen MR) is 203 cm³/mol. The minimum absolute atomic E-state index is 0.0800. The van der Waals surface area contributed by atoms with Gasteiger partial charge in [-0.25, -0.2) is 24.1 Å². The molecule has 4 heterocycles. The van der Waals surface area contributed by atoms with Gasteiger partial charge < -0.3 is 34.7 Å². The first kappa shape index (κ1) is 39.0. The van der Waals surface area contributed by atoms with Gasteiger partial charge in [0.15, 0.2) is 0 Å². The standard InChI is InChI=1S/C40H47FN8O6/c1-23(2)33(43-22-55-54-6)38(50)49-18-8-10-32(49)37-44-29-20-26(19-28(41)35(29)46-37)12-11-25-13-15-27(16-14-25)30-21-42-36(45-30)31-9-7-17-48(31)39(51)34(24(3)4)47-40(52)53-5/h13-16,19-24,31-34H,7-10,17-18H2,1-6H3,(H,42,45)(H,44,46)(H,47,52)/b43-22-/t31-,32-,33-,34-/m0/s1. The summed E-state index contributed by atoms with van der Waals surface area (Å²) < 4.78 is 20.1. The number of hydrogen-bond acceptors (Lipinski definition) is 9. The van der Waals surface area contributed by atoms with Crippen LogP contribution in [0.25, 0.3) is 22.3 Å². The predicted octanol–water partition coefficient (Wildman–Crippen LogP) is 5.83. The monoisotopic (exact) mass is 754 g/mol. The van der Waals surface area contributed by atoms with Crippen molar-refractivity contribution in [2.24, 2.45) is 16.8 Å². The van der Waals surface area contributed by atoms with Crippen LogP contribution >= 0.6 is 0 Å². The van der Waals surface area contributed by atoms with Crippen molar-refractivity contribution < 1.29 is 33.3 Å². The SMILES string of the molecule is COO/C=N\[C@H](C(=O)N1CCC[C@H]1c1nc2cc(C#Cc3ccc(-c4c[nH]c([C@@H]5CCCN5C(=O)[C@@H](NC(=O)OC)C(C)C)n4)cc3)cc(F)c2[nH]1)C(C)C. The number of H-pyrrole nitrogens is 2. The third-order valence-corrected chi connectivity index (χ3v) is 10.0. The topological polar surface area (TPSA) is 167 Å². The minimum atomic E-state index is -0.710. The number of likely N-dealkylation sites (tertiary alicyclic amines) is 2. The number of methoxy groups -OCH3 is 1. The highest BCUT2D eigenvalue weighted by atomic mass is 19.1. The maximum Gasteiger partial charge on any atom is 0.407 e. The Labute approximate surface area is 319 Å². The maximum absolute atomic E-state index is 15.4. The number of halogens is 1. The van der Waals surface area contributed by atoms with Crippen molar-refractivity contribution in [3.8, 4) is 23.1 Å². The van der Waals surface area contributed by atoms with Gasteiger partial charge in [-0.2, -0.15) is 4.89 Å². The zero-order valence-corrected chi connectivity index (χ0v) is 31.9. The fraction of sp³-hybridized carbons (Fsp3) is 0.450. The number of rotatable bonds is 11. The van der Waals surface area contributed by atoms with Gasteiger partial charge in [-0.1, -0.05) is 51.7 Å². The highest BCUT2D eigenvalue weighted by molar-refractivity contribution is 5.86. The van der Waals surface area contributed by atoms with Crippen molar-refractivity contribution in [3.05, 3.63) is 71.2 Å². The van der Waals surface area contributed by atoms with Gasteiger partial charge in [0, 0.05) is 36.0 Å². The summed E-state index contributed by atoms with van der Waals surface area (Å²) in [5.41, 5.74) is 3.47. The molecule has 2 fully saturated rings. The van der Waals surface area contributed by atoms with Crippen molar-refractivity contribution in [2.45, 2.75) is 77.5 Å². The van der Waals surface area contributed by atoms with Gasteiger partial charge in [-0.3, -0.25) is 9.59 Å². The van der Waals surface area contributed by atoms with Crippen LogP contribution in [0.1, 0.15) is 88.2 Å². The number of alkyl carbamates (subject to hydrolysis) is 1. The summed E-state index contributed by atoms with van der Waals surface area (Å²) in [5, 5.41) is 2.67. The Morgan fingerprint density at radius 2 is 1.60 bits per heavy atom. The molecule has 14 nitrogen and oxygen atoms in total. The molecule has 2 aliphatic heterocycles. The van der Waals surface area contributed by atoms with E-state index in [9.17, 15) is 14.4 Å². The Balaban J connectivity index is 1.14. The van der Waals surface area contributed by atoms with Crippen LogP contribution in [0.3, 0.4) is 0 Å². The molecule has 0 aliphatic carbocycles. The molecular weight excluding hydrogens is 707 g/mol. The lowest BCUT2D eigenvalue weighted by atomic mass is 10.0. The molecule has 2 aromatic carbocycles. The molecule has 2 aliphatic rings. The van der Waals surface area contributed by atoms with Crippen LogP contribution in [0.4, 0.5) is 9.18 Å². The zero-order chi connectivity index (χ0) is 39.2. The average molecular weight is 755 g/mol. The van der Waals surface area contributed by atoms with Crippen LogP contribution in [-0.2, 0) is 24.1 Å². The Morgan fingerprint density at radius 3 is 2.25 bits per heavy atom. The summed E-state index contributed by atoms with van der Waals surface area (Å²) in [4.78, 5) is 72.0. The molecule has 0 unspecified atom stereocenters. The molecule has 2 saturated heterocycles. The van der Waals surface area contributed by atoms with Crippen molar-refractivity contribution in [1.29, 1.82) is 0 Å². The van der Waals surface area contributed by atoms with Crippen LogP contribution in [0.2, 0.25) is 0 Å². The molecule has 0 spiro atoms. The largest absolute Gasteiger partial charge is 0.453 e. The lowest BCUT2D eigenvalue weighted by molar-refractivity contribution is -0.188. The first-order valence-corrected chi connectivity index (χ1v) is 18.5. The Hall–Kier alpha value is -5.75. The first-order chi connectivity index (χ1) is 26.5. The van der Waals surface area contributed by atoms with E-state index in [1.807, 2.05) is 58.2 Å². The lowest BCUT2D eigenvalue weighted by Crippen LogP contribution is -2.51. The number of nitrogens with one attached hydrogen (secondary N) is 3. The molecule has 3 amide bonds. The Bertz CT molecular complexity index is 2100. The van der Waals surface area contributed by atoms with Crippen LogP contribution in [0.5, 0.6) is 0 Å². The van der Waals surface area contributed by atoms with Gasteiger partial charge in [-0.15, -0.1) is 0 Å². The minimum Gasteiger partial charge on any atom is -0.453 e. The molecule has 0 saturated carbocycles. The van der Waals surface area contributed by atoms with Gasteiger partial charge in [0.05, 0.1) is 37.5 Å². The quantitative estimate of drug-likeness (QED) is 0.0566. The van der Waals surface area contributed by atoms with E-state index in [1.54, 1.807) is 15.9 Å². The molecule has 4 aromatic rings. The van der Waals surface area contributed by atoms with Crippen molar-refractivity contribution in [3.63, 3.8) is 0 Å². The molecule has 55 heavy (non-hydrogen) atoms. The zero-order valence-electron chi connectivity index (χ0n) is 31.9. The summed E-state index contributed by atoms with van der Waals surface area (Å²) in [7, 11) is 2.63. The van der Waals surface area contributed by atoms with E-state index in [1.165, 1.54) is 20.3 Å². The number of ether oxygens (including phenoxy) is 1. The Kier molecular flexibility index (Phi) is 12.1. The summed E-state index contributed by atoms with van der Waals surface area (Å²) >= 11 is 0. The molecule has 0 radical (unpaired) electrons. The highest BCUT2D eigenvalue weighted by Crippen LogP contribution is 2.35. The number of aromatic nitrogens is 4. The number of amides is 3. The summed E-state index contributed by atoms with van der Waals surface area (Å²) in [5.74, 6) is 6.36. The van der Waals surface area contributed by atoms with Crippen molar-refractivity contribution >= 4 is 35.3 Å². The Morgan fingerprint density at radius 1 is 0.927 bits per heavy atom. The van der Waals surface area contributed by atoms with Crippen molar-refractivity contribution in [2.75, 3.05) is 27.3 Å². The number of imidazole rings is 2. The molecule has 3 N–H and O–H groups in total. The summed E-state index contributed by atoms with van der Waals surface area (Å²) in [6, 6.07) is 8.72. The molecule has 15 heteroatoms. The van der Waals surface area contributed by atoms with E-state index < -0.39 is 24.0 Å². The molecular formula is C40H47FN8O6. The lowest BCUT2D eigenvalue weighted by Gasteiger charge is -2.29. The van der Waals surface area contributed by atoms with Gasteiger partial charge in [-0.05, 0) is 61.8 Å². The van der Waals surface area contributed by atoms with Crippen LogP contribution in [0, 0.1) is 29.5 Å². The highest BCUT2D eigenvalue weighted by Gasteiger charge is 2.38. The van der Waals surface area contributed by atoms with E-state index in [4.69, 9.17) is 19.6 Å².